The smallest absolute Gasteiger partial charge is 0.404 e. The Balaban J connectivity index is 2.60. The summed E-state index contributed by atoms with van der Waals surface area (Å²) in [6, 6.07) is 0. The number of ether oxygens (including phenoxy) is 1. The van der Waals surface area contributed by atoms with Gasteiger partial charge in [-0.2, -0.15) is 0 Å². The maximum absolute atomic E-state index is 10.7. The van der Waals surface area contributed by atoms with Gasteiger partial charge >= 0.3 is 6.09 Å². The van der Waals surface area contributed by atoms with Crippen LogP contribution in [-0.2, 0) is 4.74 Å². The molecule has 76 valence electrons. The van der Waals surface area contributed by atoms with Crippen molar-refractivity contribution < 1.29 is 9.53 Å². The standard InChI is InChI=1S/C10H19NO2/c1-6-4-5-7(2)9(8(6)3)13-10(11)12/h6-9H,4-5H2,1-3H3,(H2,11,12). The lowest BCUT2D eigenvalue weighted by Gasteiger charge is -2.37. The molecular weight excluding hydrogens is 166 g/mol. The van der Waals surface area contributed by atoms with Gasteiger partial charge in [-0.25, -0.2) is 4.79 Å². The van der Waals surface area contributed by atoms with Crippen LogP contribution in [0.3, 0.4) is 0 Å². The largest absolute Gasteiger partial charge is 0.446 e. The third-order valence-electron chi connectivity index (χ3n) is 3.31. The number of primary amides is 1. The van der Waals surface area contributed by atoms with Crippen molar-refractivity contribution in [3.8, 4) is 0 Å². The van der Waals surface area contributed by atoms with Gasteiger partial charge in [0.05, 0.1) is 0 Å². The van der Waals surface area contributed by atoms with E-state index >= 15 is 0 Å². The highest BCUT2D eigenvalue weighted by Gasteiger charge is 2.34. The topological polar surface area (TPSA) is 52.3 Å². The third-order valence-corrected chi connectivity index (χ3v) is 3.31. The fourth-order valence-electron chi connectivity index (χ4n) is 2.15. The van der Waals surface area contributed by atoms with Crippen LogP contribution in [0.2, 0.25) is 0 Å². The van der Waals surface area contributed by atoms with E-state index in [9.17, 15) is 4.79 Å². The van der Waals surface area contributed by atoms with Crippen LogP contribution in [0.15, 0.2) is 0 Å². The molecule has 0 aliphatic heterocycles. The van der Waals surface area contributed by atoms with Crippen LogP contribution < -0.4 is 5.73 Å². The molecule has 0 bridgehead atoms. The van der Waals surface area contributed by atoms with E-state index in [1.165, 1.54) is 6.42 Å². The van der Waals surface area contributed by atoms with E-state index in [1.54, 1.807) is 0 Å². The van der Waals surface area contributed by atoms with E-state index in [1.807, 2.05) is 0 Å². The zero-order valence-electron chi connectivity index (χ0n) is 8.62. The molecule has 1 amide bonds. The Hall–Kier alpha value is -0.730. The minimum absolute atomic E-state index is 0.0150. The number of carbonyl (C=O) groups is 1. The molecule has 0 aromatic rings. The van der Waals surface area contributed by atoms with E-state index in [0.717, 1.165) is 6.42 Å². The number of amides is 1. The summed E-state index contributed by atoms with van der Waals surface area (Å²) < 4.78 is 5.12. The van der Waals surface area contributed by atoms with Gasteiger partial charge in [0.2, 0.25) is 0 Å². The second-order valence-corrected chi connectivity index (χ2v) is 4.29. The Morgan fingerprint density at radius 1 is 1.23 bits per heavy atom. The molecule has 1 saturated carbocycles. The minimum Gasteiger partial charge on any atom is -0.446 e. The lowest BCUT2D eigenvalue weighted by atomic mass is 9.74. The molecule has 4 unspecified atom stereocenters. The zero-order chi connectivity index (χ0) is 10.0. The normalized spacial score (nSPS) is 39.9. The first-order valence-corrected chi connectivity index (χ1v) is 4.98. The molecule has 4 atom stereocenters. The predicted molar refractivity (Wildman–Crippen MR) is 51.2 cm³/mol. The van der Waals surface area contributed by atoms with Crippen LogP contribution in [0, 0.1) is 17.8 Å². The molecule has 0 heterocycles. The average Bonchev–Trinajstić information content (AvgIpc) is 2.05. The fourth-order valence-corrected chi connectivity index (χ4v) is 2.15. The van der Waals surface area contributed by atoms with Crippen molar-refractivity contribution in [1.82, 2.24) is 0 Å². The monoisotopic (exact) mass is 185 g/mol. The predicted octanol–water partition coefficient (Wildman–Crippen LogP) is 2.15. The van der Waals surface area contributed by atoms with Crippen molar-refractivity contribution in [3.63, 3.8) is 0 Å². The van der Waals surface area contributed by atoms with E-state index in [-0.39, 0.29) is 6.10 Å². The van der Waals surface area contributed by atoms with Gasteiger partial charge in [-0.1, -0.05) is 20.8 Å². The first kappa shape index (κ1) is 10.4. The molecule has 2 N–H and O–H groups in total. The van der Waals surface area contributed by atoms with Gasteiger partial charge in [0.25, 0.3) is 0 Å². The lowest BCUT2D eigenvalue weighted by molar-refractivity contribution is -0.00725. The average molecular weight is 185 g/mol. The summed E-state index contributed by atoms with van der Waals surface area (Å²) in [5.41, 5.74) is 5.03. The van der Waals surface area contributed by atoms with Crippen molar-refractivity contribution in [1.29, 1.82) is 0 Å². The summed E-state index contributed by atoms with van der Waals surface area (Å²) in [7, 11) is 0. The van der Waals surface area contributed by atoms with E-state index in [0.29, 0.717) is 17.8 Å². The van der Waals surface area contributed by atoms with Crippen molar-refractivity contribution in [2.24, 2.45) is 23.5 Å². The van der Waals surface area contributed by atoms with Crippen molar-refractivity contribution >= 4 is 6.09 Å². The molecule has 1 fully saturated rings. The Morgan fingerprint density at radius 3 is 2.31 bits per heavy atom. The van der Waals surface area contributed by atoms with Gasteiger partial charge in [0.1, 0.15) is 6.10 Å². The molecule has 1 aliphatic rings. The zero-order valence-corrected chi connectivity index (χ0v) is 8.62. The molecule has 0 spiro atoms. The molecule has 0 aromatic carbocycles. The van der Waals surface area contributed by atoms with Gasteiger partial charge in [0, 0.05) is 0 Å². The van der Waals surface area contributed by atoms with Crippen molar-refractivity contribution in [2.45, 2.75) is 39.7 Å². The Bertz CT molecular complexity index is 193. The van der Waals surface area contributed by atoms with Crippen molar-refractivity contribution in [2.75, 3.05) is 0 Å². The molecule has 0 aromatic heterocycles. The van der Waals surface area contributed by atoms with Gasteiger partial charge in [-0.05, 0) is 30.6 Å². The molecule has 0 saturated heterocycles. The number of hydrogen-bond acceptors (Lipinski definition) is 2. The highest BCUT2D eigenvalue weighted by Crippen LogP contribution is 2.35. The van der Waals surface area contributed by atoms with Crippen LogP contribution >= 0.6 is 0 Å². The van der Waals surface area contributed by atoms with Crippen LogP contribution in [0.5, 0.6) is 0 Å². The minimum atomic E-state index is -0.641. The number of nitrogens with two attached hydrogens (primary N) is 1. The van der Waals surface area contributed by atoms with Gasteiger partial charge in [0.15, 0.2) is 0 Å². The third kappa shape index (κ3) is 2.36. The van der Waals surface area contributed by atoms with Crippen molar-refractivity contribution in [3.05, 3.63) is 0 Å². The second kappa shape index (κ2) is 3.99. The first-order valence-electron chi connectivity index (χ1n) is 4.98. The Labute approximate surface area is 79.6 Å². The first-order chi connectivity index (χ1) is 6.02. The highest BCUT2D eigenvalue weighted by molar-refractivity contribution is 5.64. The molecule has 3 heteroatoms. The molecule has 13 heavy (non-hydrogen) atoms. The molecule has 1 aliphatic carbocycles. The lowest BCUT2D eigenvalue weighted by Crippen LogP contribution is -2.39. The van der Waals surface area contributed by atoms with E-state index < -0.39 is 6.09 Å². The fraction of sp³-hybridized carbons (Fsp3) is 0.900. The van der Waals surface area contributed by atoms with E-state index in [2.05, 4.69) is 20.8 Å². The Kier molecular flexibility index (Phi) is 3.17. The highest BCUT2D eigenvalue weighted by atomic mass is 16.6. The summed E-state index contributed by atoms with van der Waals surface area (Å²) in [4.78, 5) is 10.7. The summed E-state index contributed by atoms with van der Waals surface area (Å²) in [6.07, 6.45) is 1.73. The van der Waals surface area contributed by atoms with Gasteiger partial charge < -0.3 is 10.5 Å². The quantitative estimate of drug-likeness (QED) is 0.680. The Morgan fingerprint density at radius 2 is 1.77 bits per heavy atom. The maximum Gasteiger partial charge on any atom is 0.404 e. The van der Waals surface area contributed by atoms with Crippen LogP contribution in [0.1, 0.15) is 33.6 Å². The van der Waals surface area contributed by atoms with E-state index in [4.69, 9.17) is 10.5 Å². The number of hydrogen-bond donors (Lipinski definition) is 1. The SMILES string of the molecule is CC1CCC(C)C(OC(N)=O)C1C. The maximum atomic E-state index is 10.7. The summed E-state index contributed by atoms with van der Waals surface area (Å²) in [5.74, 6) is 1.50. The van der Waals surface area contributed by atoms with Gasteiger partial charge in [-0.3, -0.25) is 0 Å². The summed E-state index contributed by atoms with van der Waals surface area (Å²) in [5, 5.41) is 0. The van der Waals surface area contributed by atoms with Gasteiger partial charge in [-0.15, -0.1) is 0 Å². The number of rotatable bonds is 1. The second-order valence-electron chi connectivity index (χ2n) is 4.29. The van der Waals surface area contributed by atoms with Crippen LogP contribution in [-0.4, -0.2) is 12.2 Å². The summed E-state index contributed by atoms with van der Waals surface area (Å²) >= 11 is 0. The molecule has 3 nitrogen and oxygen atoms in total. The molecular formula is C10H19NO2. The number of carbonyl (C=O) groups excluding carboxylic acids is 1. The molecule has 0 radical (unpaired) electrons. The molecule has 1 rings (SSSR count). The van der Waals surface area contributed by atoms with Crippen LogP contribution in [0.25, 0.3) is 0 Å². The summed E-state index contributed by atoms with van der Waals surface area (Å²) in [6.45, 7) is 6.46. The van der Waals surface area contributed by atoms with Crippen LogP contribution in [0.4, 0.5) is 4.79 Å².